The fourth-order valence-electron chi connectivity index (χ4n) is 3.13. The SMILES string of the molecule is C[C@H]1C[C@@H]1c1ccc(/C=C/C(=O)NCCCN(C)Cc2ccccc2)o1. The highest BCUT2D eigenvalue weighted by Gasteiger charge is 2.36. The molecule has 1 heterocycles. The van der Waals surface area contributed by atoms with Gasteiger partial charge in [0.05, 0.1) is 0 Å². The van der Waals surface area contributed by atoms with Crippen LogP contribution in [-0.2, 0) is 11.3 Å². The highest BCUT2D eigenvalue weighted by Crippen LogP contribution is 2.47. The fourth-order valence-corrected chi connectivity index (χ4v) is 3.13. The number of benzene rings is 1. The van der Waals surface area contributed by atoms with Gasteiger partial charge in [-0.3, -0.25) is 4.79 Å². The number of hydrogen-bond donors (Lipinski definition) is 1. The van der Waals surface area contributed by atoms with E-state index in [1.54, 1.807) is 12.2 Å². The van der Waals surface area contributed by atoms with Gasteiger partial charge in [0.1, 0.15) is 11.5 Å². The molecule has 1 N–H and O–H groups in total. The fraction of sp³-hybridized carbons (Fsp3) is 0.409. The summed E-state index contributed by atoms with van der Waals surface area (Å²) in [5.41, 5.74) is 1.31. The predicted molar refractivity (Wildman–Crippen MR) is 105 cm³/mol. The van der Waals surface area contributed by atoms with E-state index >= 15 is 0 Å². The summed E-state index contributed by atoms with van der Waals surface area (Å²) < 4.78 is 5.77. The average Bonchev–Trinajstić information content (AvgIpc) is 3.18. The van der Waals surface area contributed by atoms with E-state index in [0.29, 0.717) is 12.5 Å². The van der Waals surface area contributed by atoms with Crippen molar-refractivity contribution in [3.8, 4) is 0 Å². The Bertz CT molecular complexity index is 736. The number of furan rings is 1. The van der Waals surface area contributed by atoms with Gasteiger partial charge in [-0.1, -0.05) is 37.3 Å². The largest absolute Gasteiger partial charge is 0.461 e. The van der Waals surface area contributed by atoms with Gasteiger partial charge >= 0.3 is 0 Å². The van der Waals surface area contributed by atoms with Crippen molar-refractivity contribution in [2.45, 2.75) is 32.2 Å². The Labute approximate surface area is 155 Å². The highest BCUT2D eigenvalue weighted by molar-refractivity contribution is 5.91. The lowest BCUT2D eigenvalue weighted by Crippen LogP contribution is -2.26. The zero-order chi connectivity index (χ0) is 18.4. The quantitative estimate of drug-likeness (QED) is 0.547. The molecule has 0 bridgehead atoms. The number of rotatable bonds is 9. The van der Waals surface area contributed by atoms with Crippen molar-refractivity contribution >= 4 is 12.0 Å². The van der Waals surface area contributed by atoms with Crippen LogP contribution in [0, 0.1) is 5.92 Å². The monoisotopic (exact) mass is 352 g/mol. The van der Waals surface area contributed by atoms with Crippen molar-refractivity contribution < 1.29 is 9.21 Å². The standard InChI is InChI=1S/C22H28N2O2/c1-17-15-20(17)21-11-9-19(26-21)10-12-22(25)23-13-6-14-24(2)16-18-7-4-3-5-8-18/h3-5,7-12,17,20H,6,13-16H2,1-2H3,(H,23,25)/b12-10+/t17-,20-/m0/s1. The van der Waals surface area contributed by atoms with E-state index in [1.165, 1.54) is 12.0 Å². The van der Waals surface area contributed by atoms with Crippen molar-refractivity contribution in [2.24, 2.45) is 5.92 Å². The molecule has 4 heteroatoms. The Morgan fingerprint density at radius 1 is 1.27 bits per heavy atom. The topological polar surface area (TPSA) is 45.5 Å². The molecule has 26 heavy (non-hydrogen) atoms. The zero-order valence-electron chi connectivity index (χ0n) is 15.7. The molecule has 4 nitrogen and oxygen atoms in total. The van der Waals surface area contributed by atoms with E-state index in [4.69, 9.17) is 4.42 Å². The van der Waals surface area contributed by atoms with E-state index in [1.807, 2.05) is 18.2 Å². The summed E-state index contributed by atoms with van der Waals surface area (Å²) in [7, 11) is 2.10. The van der Waals surface area contributed by atoms with Gasteiger partial charge < -0.3 is 14.6 Å². The number of amides is 1. The third kappa shape index (κ3) is 5.60. The van der Waals surface area contributed by atoms with Gasteiger partial charge in [0, 0.05) is 25.1 Å². The first-order valence-corrected chi connectivity index (χ1v) is 9.40. The van der Waals surface area contributed by atoms with Crippen LogP contribution in [-0.4, -0.2) is 30.9 Å². The van der Waals surface area contributed by atoms with Gasteiger partial charge in [-0.25, -0.2) is 0 Å². The number of nitrogens with zero attached hydrogens (tertiary/aromatic N) is 1. The second-order valence-corrected chi connectivity index (χ2v) is 7.26. The first kappa shape index (κ1) is 18.5. The third-order valence-electron chi connectivity index (χ3n) is 4.83. The van der Waals surface area contributed by atoms with Crippen molar-refractivity contribution in [3.05, 3.63) is 65.6 Å². The Hall–Kier alpha value is -2.33. The molecule has 0 saturated heterocycles. The van der Waals surface area contributed by atoms with E-state index in [9.17, 15) is 4.79 Å². The third-order valence-corrected chi connectivity index (χ3v) is 4.83. The molecule has 1 aliphatic rings. The van der Waals surface area contributed by atoms with Crippen molar-refractivity contribution in [2.75, 3.05) is 20.1 Å². The summed E-state index contributed by atoms with van der Waals surface area (Å²) in [5.74, 6) is 3.00. The molecule has 0 spiro atoms. The summed E-state index contributed by atoms with van der Waals surface area (Å²) in [4.78, 5) is 14.2. The van der Waals surface area contributed by atoms with Crippen LogP contribution in [0.3, 0.4) is 0 Å². The number of nitrogens with one attached hydrogen (secondary N) is 1. The molecule has 1 aromatic heterocycles. The van der Waals surface area contributed by atoms with Crippen LogP contribution in [0.5, 0.6) is 0 Å². The highest BCUT2D eigenvalue weighted by atomic mass is 16.3. The minimum atomic E-state index is -0.0755. The van der Waals surface area contributed by atoms with Crippen molar-refractivity contribution in [1.29, 1.82) is 0 Å². The molecule has 0 unspecified atom stereocenters. The van der Waals surface area contributed by atoms with Crippen LogP contribution >= 0.6 is 0 Å². The summed E-state index contributed by atoms with van der Waals surface area (Å²) in [5, 5.41) is 2.93. The van der Waals surface area contributed by atoms with Crippen LogP contribution < -0.4 is 5.32 Å². The van der Waals surface area contributed by atoms with Gasteiger partial charge in [0.15, 0.2) is 0 Å². The molecule has 0 radical (unpaired) electrons. The molecule has 1 aliphatic carbocycles. The smallest absolute Gasteiger partial charge is 0.244 e. The van der Waals surface area contributed by atoms with Crippen LogP contribution in [0.2, 0.25) is 0 Å². The molecule has 1 aromatic carbocycles. The Kier molecular flexibility index (Phi) is 6.29. The number of carbonyl (C=O) groups is 1. The average molecular weight is 352 g/mol. The Morgan fingerprint density at radius 2 is 2.04 bits per heavy atom. The van der Waals surface area contributed by atoms with E-state index < -0.39 is 0 Å². The summed E-state index contributed by atoms with van der Waals surface area (Å²) >= 11 is 0. The first-order chi connectivity index (χ1) is 12.6. The Balaban J connectivity index is 1.32. The molecule has 138 valence electrons. The molecule has 2 aromatic rings. The van der Waals surface area contributed by atoms with Crippen molar-refractivity contribution in [3.63, 3.8) is 0 Å². The lowest BCUT2D eigenvalue weighted by molar-refractivity contribution is -0.116. The summed E-state index contributed by atoms with van der Waals surface area (Å²) in [6.07, 6.45) is 5.42. The summed E-state index contributed by atoms with van der Waals surface area (Å²) in [6.45, 7) is 4.77. The molecule has 0 aliphatic heterocycles. The molecule has 3 rings (SSSR count). The maximum Gasteiger partial charge on any atom is 0.244 e. The van der Waals surface area contributed by atoms with Gasteiger partial charge in [0.25, 0.3) is 0 Å². The summed E-state index contributed by atoms with van der Waals surface area (Å²) in [6, 6.07) is 14.4. The van der Waals surface area contributed by atoms with Crippen molar-refractivity contribution in [1.82, 2.24) is 10.2 Å². The van der Waals surface area contributed by atoms with Gasteiger partial charge in [0.2, 0.25) is 5.91 Å². The van der Waals surface area contributed by atoms with Crippen LogP contribution in [0.1, 0.15) is 42.8 Å². The first-order valence-electron chi connectivity index (χ1n) is 9.40. The van der Waals surface area contributed by atoms with Gasteiger partial charge in [-0.2, -0.15) is 0 Å². The minimum absolute atomic E-state index is 0.0755. The van der Waals surface area contributed by atoms with E-state index in [-0.39, 0.29) is 5.91 Å². The number of hydrogen-bond acceptors (Lipinski definition) is 3. The lowest BCUT2D eigenvalue weighted by atomic mass is 10.2. The maximum atomic E-state index is 11.9. The predicted octanol–water partition coefficient (Wildman–Crippen LogP) is 4.05. The normalized spacial score (nSPS) is 19.2. The maximum absolute atomic E-state index is 11.9. The molecule has 1 amide bonds. The molecule has 1 fully saturated rings. The van der Waals surface area contributed by atoms with Gasteiger partial charge in [-0.15, -0.1) is 0 Å². The second kappa shape index (κ2) is 8.86. The molecular weight excluding hydrogens is 324 g/mol. The zero-order valence-corrected chi connectivity index (χ0v) is 15.7. The molecule has 2 atom stereocenters. The lowest BCUT2D eigenvalue weighted by Gasteiger charge is -2.16. The van der Waals surface area contributed by atoms with Crippen LogP contribution in [0.15, 0.2) is 53.0 Å². The van der Waals surface area contributed by atoms with Gasteiger partial charge in [-0.05, 0) is 56.1 Å². The minimum Gasteiger partial charge on any atom is -0.461 e. The molecular formula is C22H28N2O2. The van der Waals surface area contributed by atoms with Crippen LogP contribution in [0.4, 0.5) is 0 Å². The second-order valence-electron chi connectivity index (χ2n) is 7.26. The number of carbonyl (C=O) groups excluding carboxylic acids is 1. The van der Waals surface area contributed by atoms with Crippen LogP contribution in [0.25, 0.3) is 6.08 Å². The van der Waals surface area contributed by atoms with E-state index in [0.717, 1.165) is 36.9 Å². The Morgan fingerprint density at radius 3 is 2.77 bits per heavy atom. The molecule has 1 saturated carbocycles. The van der Waals surface area contributed by atoms with E-state index in [2.05, 4.69) is 48.5 Å².